The highest BCUT2D eigenvalue weighted by Gasteiger charge is 2.03. The second kappa shape index (κ2) is 4.90. The van der Waals surface area contributed by atoms with Crippen molar-refractivity contribution >= 4 is 23.3 Å². The third-order valence-corrected chi connectivity index (χ3v) is 2.99. The minimum absolute atomic E-state index is 0.700. The number of aromatic nitrogens is 1. The van der Waals surface area contributed by atoms with Crippen LogP contribution in [0.1, 0.15) is 16.1 Å². The van der Waals surface area contributed by atoms with Gasteiger partial charge < -0.3 is 4.90 Å². The predicted molar refractivity (Wildman–Crippen MR) is 66.1 cm³/mol. The van der Waals surface area contributed by atoms with Crippen LogP contribution in [0, 0.1) is 0 Å². The topological polar surface area (TPSA) is 33.2 Å². The van der Waals surface area contributed by atoms with Crippen LogP contribution < -0.4 is 4.90 Å². The first kappa shape index (κ1) is 10.8. The summed E-state index contributed by atoms with van der Waals surface area (Å²) in [5.74, 6) is 0. The number of aldehydes is 1. The van der Waals surface area contributed by atoms with E-state index in [0.29, 0.717) is 5.56 Å². The second-order valence-electron chi connectivity index (χ2n) is 3.55. The quantitative estimate of drug-likeness (QED) is 0.760. The molecule has 1 aromatic heterocycles. The molecule has 2 rings (SSSR count). The fourth-order valence-corrected chi connectivity index (χ4v) is 2.01. The molecule has 4 heteroatoms. The van der Waals surface area contributed by atoms with Crippen molar-refractivity contribution in [2.75, 3.05) is 11.9 Å². The first-order valence-corrected chi connectivity index (χ1v) is 5.87. The Hall–Kier alpha value is -1.68. The highest BCUT2D eigenvalue weighted by atomic mass is 32.1. The SMILES string of the molecule is CN(Cc1cscn1)c1ccc(C=O)cc1. The Balaban J connectivity index is 2.08. The average molecular weight is 232 g/mol. The Morgan fingerprint density at radius 3 is 2.69 bits per heavy atom. The van der Waals surface area contributed by atoms with Gasteiger partial charge in [-0.05, 0) is 24.3 Å². The van der Waals surface area contributed by atoms with Crippen LogP contribution in [-0.2, 0) is 6.54 Å². The van der Waals surface area contributed by atoms with E-state index in [1.807, 2.05) is 42.2 Å². The normalized spacial score (nSPS) is 10.1. The van der Waals surface area contributed by atoms with E-state index in [-0.39, 0.29) is 0 Å². The van der Waals surface area contributed by atoms with Crippen LogP contribution in [0.3, 0.4) is 0 Å². The van der Waals surface area contributed by atoms with Gasteiger partial charge in [-0.25, -0.2) is 4.98 Å². The highest BCUT2D eigenvalue weighted by Crippen LogP contribution is 2.15. The number of hydrogen-bond acceptors (Lipinski definition) is 4. The van der Waals surface area contributed by atoms with Gasteiger partial charge in [0.1, 0.15) is 6.29 Å². The van der Waals surface area contributed by atoms with E-state index in [1.165, 1.54) is 0 Å². The summed E-state index contributed by atoms with van der Waals surface area (Å²) in [6.45, 7) is 0.782. The van der Waals surface area contributed by atoms with Gasteiger partial charge in [0.05, 0.1) is 17.7 Å². The lowest BCUT2D eigenvalue weighted by Gasteiger charge is -2.17. The maximum Gasteiger partial charge on any atom is 0.150 e. The van der Waals surface area contributed by atoms with E-state index in [1.54, 1.807) is 11.3 Å². The summed E-state index contributed by atoms with van der Waals surface area (Å²) in [4.78, 5) is 16.9. The minimum atomic E-state index is 0.700. The van der Waals surface area contributed by atoms with Crippen molar-refractivity contribution in [2.45, 2.75) is 6.54 Å². The number of benzene rings is 1. The van der Waals surface area contributed by atoms with Crippen LogP contribution in [0.5, 0.6) is 0 Å². The van der Waals surface area contributed by atoms with Gasteiger partial charge in [0.25, 0.3) is 0 Å². The molecule has 82 valence electrons. The summed E-state index contributed by atoms with van der Waals surface area (Å²) < 4.78 is 0. The number of nitrogens with zero attached hydrogens (tertiary/aromatic N) is 2. The predicted octanol–water partition coefficient (Wildman–Crippen LogP) is 2.59. The molecule has 0 spiro atoms. The van der Waals surface area contributed by atoms with E-state index in [2.05, 4.69) is 9.88 Å². The standard InChI is InChI=1S/C12H12N2OS/c1-14(6-11-8-16-9-13-11)12-4-2-10(7-15)3-5-12/h2-5,7-9H,6H2,1H3. The number of rotatable bonds is 4. The minimum Gasteiger partial charge on any atom is -0.369 e. The van der Waals surface area contributed by atoms with Gasteiger partial charge in [0.2, 0.25) is 0 Å². The van der Waals surface area contributed by atoms with Crippen LogP contribution >= 0.6 is 11.3 Å². The Bertz CT molecular complexity index is 450. The molecule has 0 bridgehead atoms. The van der Waals surface area contributed by atoms with Crippen molar-refractivity contribution in [3.05, 3.63) is 46.4 Å². The lowest BCUT2D eigenvalue weighted by Crippen LogP contribution is -2.16. The zero-order valence-electron chi connectivity index (χ0n) is 8.96. The Kier molecular flexibility index (Phi) is 3.31. The number of thiazole rings is 1. The van der Waals surface area contributed by atoms with Crippen LogP contribution in [-0.4, -0.2) is 18.3 Å². The fourth-order valence-electron chi connectivity index (χ4n) is 1.46. The number of carbonyl (C=O) groups excluding carboxylic acids is 1. The van der Waals surface area contributed by atoms with E-state index in [0.717, 1.165) is 24.2 Å². The molecule has 0 fully saturated rings. The molecule has 0 N–H and O–H groups in total. The van der Waals surface area contributed by atoms with Gasteiger partial charge in [0, 0.05) is 23.7 Å². The van der Waals surface area contributed by atoms with E-state index < -0.39 is 0 Å². The number of hydrogen-bond donors (Lipinski definition) is 0. The van der Waals surface area contributed by atoms with Crippen molar-refractivity contribution in [3.63, 3.8) is 0 Å². The highest BCUT2D eigenvalue weighted by molar-refractivity contribution is 7.07. The monoisotopic (exact) mass is 232 g/mol. The smallest absolute Gasteiger partial charge is 0.150 e. The average Bonchev–Trinajstić information content (AvgIpc) is 2.82. The molecule has 0 saturated carbocycles. The van der Waals surface area contributed by atoms with Gasteiger partial charge in [-0.2, -0.15) is 0 Å². The Labute approximate surface area is 98.4 Å². The molecule has 0 saturated heterocycles. The number of anilines is 1. The Morgan fingerprint density at radius 2 is 2.12 bits per heavy atom. The summed E-state index contributed by atoms with van der Waals surface area (Å²) in [7, 11) is 2.01. The summed E-state index contributed by atoms with van der Waals surface area (Å²) in [5, 5.41) is 2.04. The lowest BCUT2D eigenvalue weighted by atomic mass is 10.2. The molecule has 3 nitrogen and oxygen atoms in total. The van der Waals surface area contributed by atoms with Crippen LogP contribution in [0.15, 0.2) is 35.2 Å². The zero-order valence-corrected chi connectivity index (χ0v) is 9.78. The molecule has 0 atom stereocenters. The van der Waals surface area contributed by atoms with Crippen LogP contribution in [0.2, 0.25) is 0 Å². The van der Waals surface area contributed by atoms with Gasteiger partial charge in [-0.15, -0.1) is 11.3 Å². The molecular formula is C12H12N2OS. The molecule has 0 radical (unpaired) electrons. The second-order valence-corrected chi connectivity index (χ2v) is 4.26. The third kappa shape index (κ3) is 2.46. The lowest BCUT2D eigenvalue weighted by molar-refractivity contribution is 0.112. The van der Waals surface area contributed by atoms with Gasteiger partial charge in [0.15, 0.2) is 0 Å². The molecule has 0 aliphatic heterocycles. The molecule has 16 heavy (non-hydrogen) atoms. The Morgan fingerprint density at radius 1 is 1.38 bits per heavy atom. The molecule has 1 heterocycles. The molecular weight excluding hydrogens is 220 g/mol. The zero-order chi connectivity index (χ0) is 11.4. The van der Waals surface area contributed by atoms with Crippen molar-refractivity contribution in [1.29, 1.82) is 0 Å². The summed E-state index contributed by atoms with van der Waals surface area (Å²) >= 11 is 1.60. The molecule has 0 aliphatic rings. The van der Waals surface area contributed by atoms with Crippen molar-refractivity contribution in [1.82, 2.24) is 4.98 Å². The first-order valence-electron chi connectivity index (χ1n) is 4.93. The molecule has 0 aliphatic carbocycles. The summed E-state index contributed by atoms with van der Waals surface area (Å²) in [6.07, 6.45) is 0.851. The van der Waals surface area contributed by atoms with Crippen molar-refractivity contribution < 1.29 is 4.79 Å². The van der Waals surface area contributed by atoms with E-state index >= 15 is 0 Å². The fraction of sp³-hybridized carbons (Fsp3) is 0.167. The first-order chi connectivity index (χ1) is 7.79. The summed E-state index contributed by atoms with van der Waals surface area (Å²) in [6, 6.07) is 7.52. The van der Waals surface area contributed by atoms with Gasteiger partial charge >= 0.3 is 0 Å². The van der Waals surface area contributed by atoms with E-state index in [9.17, 15) is 4.79 Å². The largest absolute Gasteiger partial charge is 0.369 e. The van der Waals surface area contributed by atoms with Gasteiger partial charge in [-0.3, -0.25) is 4.79 Å². The maximum atomic E-state index is 10.5. The summed E-state index contributed by atoms with van der Waals surface area (Å²) in [5.41, 5.74) is 4.68. The van der Waals surface area contributed by atoms with Crippen molar-refractivity contribution in [2.24, 2.45) is 0 Å². The molecule has 0 unspecified atom stereocenters. The van der Waals surface area contributed by atoms with Gasteiger partial charge in [-0.1, -0.05) is 0 Å². The van der Waals surface area contributed by atoms with Crippen LogP contribution in [0.25, 0.3) is 0 Å². The molecule has 2 aromatic rings. The molecule has 1 aromatic carbocycles. The molecule has 0 amide bonds. The van der Waals surface area contributed by atoms with Crippen LogP contribution in [0.4, 0.5) is 5.69 Å². The maximum absolute atomic E-state index is 10.5. The third-order valence-electron chi connectivity index (χ3n) is 2.35. The van der Waals surface area contributed by atoms with E-state index in [4.69, 9.17) is 0 Å². The number of carbonyl (C=O) groups is 1. The van der Waals surface area contributed by atoms with Crippen molar-refractivity contribution in [3.8, 4) is 0 Å².